The van der Waals surface area contributed by atoms with Crippen molar-refractivity contribution in [3.05, 3.63) is 90.0 Å². The molecule has 176 valence electrons. The molecule has 2 saturated heterocycles. The van der Waals surface area contributed by atoms with E-state index < -0.39 is 11.8 Å². The summed E-state index contributed by atoms with van der Waals surface area (Å²) in [5.41, 5.74) is 2.29. The third kappa shape index (κ3) is 4.94. The van der Waals surface area contributed by atoms with E-state index in [-0.39, 0.29) is 10.7 Å². The van der Waals surface area contributed by atoms with Gasteiger partial charge in [-0.25, -0.2) is 0 Å². The fourth-order valence-electron chi connectivity index (χ4n) is 4.04. The highest BCUT2D eigenvalue weighted by atomic mass is 32.1. The van der Waals surface area contributed by atoms with Gasteiger partial charge in [-0.2, -0.15) is 0 Å². The number of nitrogens with zero attached hydrogens (tertiary/aromatic N) is 2. The summed E-state index contributed by atoms with van der Waals surface area (Å²) < 4.78 is 11.3. The number of ether oxygens (including phenoxy) is 2. The average molecular weight is 486 g/mol. The first kappa shape index (κ1) is 22.8. The maximum atomic E-state index is 13.5. The van der Waals surface area contributed by atoms with Crippen LogP contribution in [0.2, 0.25) is 0 Å². The minimum atomic E-state index is -0.517. The first-order valence-electron chi connectivity index (χ1n) is 11.3. The highest BCUT2D eigenvalue weighted by molar-refractivity contribution is 7.80. The maximum Gasteiger partial charge on any atom is 0.270 e. The smallest absolute Gasteiger partial charge is 0.270 e. The van der Waals surface area contributed by atoms with Crippen LogP contribution in [0.15, 0.2) is 84.4 Å². The van der Waals surface area contributed by atoms with Gasteiger partial charge in [0.25, 0.3) is 11.8 Å². The van der Waals surface area contributed by atoms with Gasteiger partial charge in [-0.05, 0) is 66.3 Å². The number of amides is 2. The molecule has 5 rings (SSSR count). The molecule has 0 atom stereocenters. The highest BCUT2D eigenvalue weighted by Crippen LogP contribution is 2.29. The van der Waals surface area contributed by atoms with Gasteiger partial charge in [0.05, 0.1) is 18.9 Å². The van der Waals surface area contributed by atoms with E-state index in [9.17, 15) is 9.59 Å². The molecule has 0 aromatic heterocycles. The number of hydrogen-bond acceptors (Lipinski definition) is 6. The number of hydrogen-bond donors (Lipinski definition) is 1. The summed E-state index contributed by atoms with van der Waals surface area (Å²) in [6, 6.07) is 24.1. The molecule has 2 aliphatic heterocycles. The Morgan fingerprint density at radius 2 is 1.51 bits per heavy atom. The van der Waals surface area contributed by atoms with Gasteiger partial charge in [0.2, 0.25) is 0 Å². The molecule has 2 aliphatic rings. The van der Waals surface area contributed by atoms with Crippen LogP contribution in [0.4, 0.5) is 11.4 Å². The standard InChI is InChI=1S/C27H23N3O4S/c31-25-23(18-19-6-4-5-9-24(19)29-14-16-33-17-15-29)26(32)30(27(35)28-25)20-10-12-22(13-11-20)34-21-7-2-1-3-8-21/h1-13,18H,14-17H2,(H,28,31,35). The van der Waals surface area contributed by atoms with Crippen LogP contribution in [-0.2, 0) is 14.3 Å². The quantitative estimate of drug-likeness (QED) is 0.333. The summed E-state index contributed by atoms with van der Waals surface area (Å²) in [7, 11) is 0. The number of carbonyl (C=O) groups is 2. The van der Waals surface area contributed by atoms with Crippen molar-refractivity contribution in [2.75, 3.05) is 36.1 Å². The Hall–Kier alpha value is -4.01. The van der Waals surface area contributed by atoms with Crippen molar-refractivity contribution in [1.82, 2.24) is 5.32 Å². The molecule has 8 heteroatoms. The highest BCUT2D eigenvalue weighted by Gasteiger charge is 2.34. The number of anilines is 2. The Balaban J connectivity index is 1.42. The first-order chi connectivity index (χ1) is 17.1. The topological polar surface area (TPSA) is 71.1 Å². The predicted molar refractivity (Wildman–Crippen MR) is 139 cm³/mol. The van der Waals surface area contributed by atoms with Crippen LogP contribution in [0.25, 0.3) is 6.08 Å². The zero-order chi connectivity index (χ0) is 24.2. The van der Waals surface area contributed by atoms with Crippen molar-refractivity contribution in [1.29, 1.82) is 0 Å². The molecule has 7 nitrogen and oxygen atoms in total. The van der Waals surface area contributed by atoms with Gasteiger partial charge in [-0.3, -0.25) is 19.8 Å². The van der Waals surface area contributed by atoms with Crippen LogP contribution < -0.4 is 19.9 Å². The summed E-state index contributed by atoms with van der Waals surface area (Å²) in [6.45, 7) is 2.76. The van der Waals surface area contributed by atoms with Gasteiger partial charge in [0.15, 0.2) is 5.11 Å². The van der Waals surface area contributed by atoms with Gasteiger partial charge in [0, 0.05) is 18.8 Å². The number of rotatable bonds is 5. The number of carbonyl (C=O) groups excluding carboxylic acids is 2. The number of nitrogens with one attached hydrogen (secondary N) is 1. The molecular weight excluding hydrogens is 462 g/mol. The second-order valence-electron chi connectivity index (χ2n) is 8.03. The van der Waals surface area contributed by atoms with E-state index in [4.69, 9.17) is 21.7 Å². The second kappa shape index (κ2) is 10.1. The van der Waals surface area contributed by atoms with Crippen LogP contribution in [0, 0.1) is 0 Å². The summed E-state index contributed by atoms with van der Waals surface area (Å²) in [5, 5.41) is 2.68. The van der Waals surface area contributed by atoms with Crippen LogP contribution in [0.3, 0.4) is 0 Å². The maximum absolute atomic E-state index is 13.5. The molecule has 2 heterocycles. The largest absolute Gasteiger partial charge is 0.457 e. The van der Waals surface area contributed by atoms with Crippen molar-refractivity contribution >= 4 is 46.6 Å². The Labute approximate surface area is 208 Å². The molecule has 2 amide bonds. The zero-order valence-corrected chi connectivity index (χ0v) is 19.7. The predicted octanol–water partition coefficient (Wildman–Crippen LogP) is 4.15. The lowest BCUT2D eigenvalue weighted by molar-refractivity contribution is -0.122. The number of thiocarbonyl (C=S) groups is 1. The van der Waals surface area contributed by atoms with Crippen molar-refractivity contribution in [2.45, 2.75) is 0 Å². The van der Waals surface area contributed by atoms with Gasteiger partial charge in [-0.1, -0.05) is 36.4 Å². The summed E-state index contributed by atoms with van der Waals surface area (Å²) in [5.74, 6) is 0.333. The lowest BCUT2D eigenvalue weighted by Crippen LogP contribution is -2.54. The minimum absolute atomic E-state index is 0.0175. The van der Waals surface area contributed by atoms with E-state index >= 15 is 0 Å². The molecule has 0 aliphatic carbocycles. The lowest BCUT2D eigenvalue weighted by Gasteiger charge is -2.31. The monoisotopic (exact) mass is 485 g/mol. The van der Waals surface area contributed by atoms with Gasteiger partial charge < -0.3 is 14.4 Å². The Morgan fingerprint density at radius 1 is 0.857 bits per heavy atom. The summed E-state index contributed by atoms with van der Waals surface area (Å²) >= 11 is 5.34. The Kier molecular flexibility index (Phi) is 6.56. The SMILES string of the molecule is O=C1NC(=S)N(c2ccc(Oc3ccccc3)cc2)C(=O)C1=Cc1ccccc1N1CCOCC1. The summed E-state index contributed by atoms with van der Waals surface area (Å²) in [6.07, 6.45) is 1.63. The van der Waals surface area contributed by atoms with E-state index in [1.54, 1.807) is 30.3 Å². The molecule has 0 unspecified atom stereocenters. The molecular formula is C27H23N3O4S. The average Bonchev–Trinajstić information content (AvgIpc) is 2.89. The van der Waals surface area contributed by atoms with E-state index in [0.717, 1.165) is 24.3 Å². The van der Waals surface area contributed by atoms with Crippen molar-refractivity contribution in [3.8, 4) is 11.5 Å². The summed E-state index contributed by atoms with van der Waals surface area (Å²) in [4.78, 5) is 29.7. The van der Waals surface area contributed by atoms with Crippen LogP contribution >= 0.6 is 12.2 Å². The molecule has 3 aromatic rings. The number of para-hydroxylation sites is 2. The van der Waals surface area contributed by atoms with E-state index in [1.165, 1.54) is 4.90 Å². The van der Waals surface area contributed by atoms with Gasteiger partial charge in [0.1, 0.15) is 17.1 Å². The molecule has 3 aromatic carbocycles. The molecule has 0 saturated carbocycles. The molecule has 0 bridgehead atoms. The second-order valence-corrected chi connectivity index (χ2v) is 8.41. The van der Waals surface area contributed by atoms with Crippen molar-refractivity contribution in [3.63, 3.8) is 0 Å². The third-order valence-corrected chi connectivity index (χ3v) is 6.05. The van der Waals surface area contributed by atoms with Crippen LogP contribution in [0.1, 0.15) is 5.56 Å². The van der Waals surface area contributed by atoms with Crippen molar-refractivity contribution < 1.29 is 19.1 Å². The van der Waals surface area contributed by atoms with E-state index in [0.29, 0.717) is 30.4 Å². The van der Waals surface area contributed by atoms with Crippen molar-refractivity contribution in [2.24, 2.45) is 0 Å². The van der Waals surface area contributed by atoms with E-state index in [2.05, 4.69) is 10.2 Å². The minimum Gasteiger partial charge on any atom is -0.457 e. The zero-order valence-electron chi connectivity index (χ0n) is 18.8. The number of morpholine rings is 1. The molecule has 1 N–H and O–H groups in total. The van der Waals surface area contributed by atoms with Gasteiger partial charge >= 0.3 is 0 Å². The van der Waals surface area contributed by atoms with Crippen LogP contribution in [-0.4, -0.2) is 43.2 Å². The van der Waals surface area contributed by atoms with Gasteiger partial charge in [-0.15, -0.1) is 0 Å². The third-order valence-electron chi connectivity index (χ3n) is 5.76. The Morgan fingerprint density at radius 3 is 2.26 bits per heavy atom. The Bertz CT molecular complexity index is 1290. The first-order valence-corrected chi connectivity index (χ1v) is 11.7. The molecule has 0 radical (unpaired) electrons. The molecule has 0 spiro atoms. The molecule has 2 fully saturated rings. The number of benzene rings is 3. The fourth-order valence-corrected chi connectivity index (χ4v) is 4.32. The van der Waals surface area contributed by atoms with Crippen LogP contribution in [0.5, 0.6) is 11.5 Å². The normalized spacial score (nSPS) is 17.5. The molecule has 35 heavy (non-hydrogen) atoms. The lowest BCUT2D eigenvalue weighted by atomic mass is 10.0. The van der Waals surface area contributed by atoms with E-state index in [1.807, 2.05) is 54.6 Å². The fraction of sp³-hybridized carbons (Fsp3) is 0.148.